The van der Waals surface area contributed by atoms with E-state index >= 15 is 0 Å². The SMILES string of the molecule is COc1ccc(C(O)C(CN)c2cccc(C)c2)cc1. The average Bonchev–Trinajstić information content (AvgIpc) is 2.48. The van der Waals surface area contributed by atoms with Gasteiger partial charge in [-0.05, 0) is 30.2 Å². The summed E-state index contributed by atoms with van der Waals surface area (Å²) in [7, 11) is 1.63. The Kier molecular flexibility index (Phi) is 4.77. The average molecular weight is 271 g/mol. The molecule has 0 spiro atoms. The number of rotatable bonds is 5. The second-order valence-corrected chi connectivity index (χ2v) is 4.97. The van der Waals surface area contributed by atoms with Crippen molar-refractivity contribution in [2.75, 3.05) is 13.7 Å². The van der Waals surface area contributed by atoms with Crippen LogP contribution in [0.25, 0.3) is 0 Å². The van der Waals surface area contributed by atoms with E-state index in [2.05, 4.69) is 6.07 Å². The van der Waals surface area contributed by atoms with Gasteiger partial charge in [0.15, 0.2) is 0 Å². The van der Waals surface area contributed by atoms with E-state index < -0.39 is 6.10 Å². The first-order valence-corrected chi connectivity index (χ1v) is 6.74. The standard InChI is InChI=1S/C17H21NO2/c1-12-4-3-5-14(10-12)16(11-18)17(19)13-6-8-15(20-2)9-7-13/h3-10,16-17,19H,11,18H2,1-2H3. The highest BCUT2D eigenvalue weighted by atomic mass is 16.5. The van der Waals surface area contributed by atoms with Crippen LogP contribution in [0.1, 0.15) is 28.7 Å². The summed E-state index contributed by atoms with van der Waals surface area (Å²) >= 11 is 0. The van der Waals surface area contributed by atoms with Gasteiger partial charge < -0.3 is 15.6 Å². The van der Waals surface area contributed by atoms with E-state index in [9.17, 15) is 5.11 Å². The minimum absolute atomic E-state index is 0.108. The Hall–Kier alpha value is -1.84. The van der Waals surface area contributed by atoms with Crippen LogP contribution in [0.4, 0.5) is 0 Å². The first-order chi connectivity index (χ1) is 9.65. The minimum atomic E-state index is -0.618. The molecule has 2 atom stereocenters. The van der Waals surface area contributed by atoms with Crippen LogP contribution < -0.4 is 10.5 Å². The maximum Gasteiger partial charge on any atom is 0.118 e. The molecule has 0 aromatic heterocycles. The molecule has 0 saturated heterocycles. The van der Waals surface area contributed by atoms with Crippen molar-refractivity contribution in [3.63, 3.8) is 0 Å². The number of ether oxygens (including phenoxy) is 1. The van der Waals surface area contributed by atoms with E-state index in [-0.39, 0.29) is 5.92 Å². The Labute approximate surface area is 120 Å². The molecule has 3 nitrogen and oxygen atoms in total. The summed E-state index contributed by atoms with van der Waals surface area (Å²) in [6.45, 7) is 2.44. The third-order valence-corrected chi connectivity index (χ3v) is 3.56. The number of aryl methyl sites for hydroxylation is 1. The van der Waals surface area contributed by atoms with Crippen molar-refractivity contribution in [2.24, 2.45) is 5.73 Å². The van der Waals surface area contributed by atoms with Crippen LogP contribution in [0.15, 0.2) is 48.5 Å². The minimum Gasteiger partial charge on any atom is -0.497 e. The molecular weight excluding hydrogens is 250 g/mol. The molecule has 2 aromatic carbocycles. The van der Waals surface area contributed by atoms with Crippen molar-refractivity contribution in [1.82, 2.24) is 0 Å². The molecule has 0 heterocycles. The molecule has 2 unspecified atom stereocenters. The van der Waals surface area contributed by atoms with E-state index in [0.717, 1.165) is 16.9 Å². The Morgan fingerprint density at radius 3 is 2.35 bits per heavy atom. The normalized spacial score (nSPS) is 13.8. The van der Waals surface area contributed by atoms with E-state index in [1.54, 1.807) is 7.11 Å². The highest BCUT2D eigenvalue weighted by molar-refractivity contribution is 5.33. The van der Waals surface area contributed by atoms with Crippen LogP contribution in [0, 0.1) is 6.92 Å². The zero-order chi connectivity index (χ0) is 14.5. The molecule has 3 N–H and O–H groups in total. The van der Waals surface area contributed by atoms with Crippen molar-refractivity contribution in [1.29, 1.82) is 0 Å². The van der Waals surface area contributed by atoms with E-state index in [0.29, 0.717) is 6.54 Å². The second-order valence-electron chi connectivity index (χ2n) is 4.97. The second kappa shape index (κ2) is 6.55. The molecule has 0 fully saturated rings. The maximum atomic E-state index is 10.6. The van der Waals surface area contributed by atoms with Crippen molar-refractivity contribution in [3.05, 3.63) is 65.2 Å². The van der Waals surface area contributed by atoms with Crippen molar-refractivity contribution >= 4 is 0 Å². The molecule has 106 valence electrons. The lowest BCUT2D eigenvalue weighted by molar-refractivity contribution is 0.147. The molecular formula is C17H21NO2. The van der Waals surface area contributed by atoms with Gasteiger partial charge in [0.2, 0.25) is 0 Å². The van der Waals surface area contributed by atoms with Crippen LogP contribution in [-0.4, -0.2) is 18.8 Å². The fraction of sp³-hybridized carbons (Fsp3) is 0.294. The highest BCUT2D eigenvalue weighted by Crippen LogP contribution is 2.31. The molecule has 0 aliphatic rings. The predicted octanol–water partition coefficient (Wildman–Crippen LogP) is 2.78. The van der Waals surface area contributed by atoms with Gasteiger partial charge in [-0.25, -0.2) is 0 Å². The van der Waals surface area contributed by atoms with Gasteiger partial charge in [-0.1, -0.05) is 42.0 Å². The fourth-order valence-corrected chi connectivity index (χ4v) is 2.38. The topological polar surface area (TPSA) is 55.5 Å². The monoisotopic (exact) mass is 271 g/mol. The molecule has 2 rings (SSSR count). The summed E-state index contributed by atoms with van der Waals surface area (Å²) in [5.74, 6) is 0.670. The van der Waals surface area contributed by atoms with Gasteiger partial charge in [-0.2, -0.15) is 0 Å². The summed E-state index contributed by atoms with van der Waals surface area (Å²) in [6.07, 6.45) is -0.618. The highest BCUT2D eigenvalue weighted by Gasteiger charge is 2.21. The lowest BCUT2D eigenvalue weighted by atomic mass is 9.88. The first kappa shape index (κ1) is 14.6. The molecule has 20 heavy (non-hydrogen) atoms. The zero-order valence-electron chi connectivity index (χ0n) is 11.9. The Balaban J connectivity index is 2.26. The van der Waals surface area contributed by atoms with Crippen molar-refractivity contribution < 1.29 is 9.84 Å². The van der Waals surface area contributed by atoms with Crippen molar-refractivity contribution in [3.8, 4) is 5.75 Å². The number of aliphatic hydroxyl groups excluding tert-OH is 1. The molecule has 0 aliphatic heterocycles. The van der Waals surface area contributed by atoms with Gasteiger partial charge in [-0.15, -0.1) is 0 Å². The van der Waals surface area contributed by atoms with E-state index in [4.69, 9.17) is 10.5 Å². The lowest BCUT2D eigenvalue weighted by Gasteiger charge is -2.23. The van der Waals surface area contributed by atoms with Crippen LogP contribution in [-0.2, 0) is 0 Å². The van der Waals surface area contributed by atoms with Gasteiger partial charge >= 0.3 is 0 Å². The number of benzene rings is 2. The third kappa shape index (κ3) is 3.18. The van der Waals surface area contributed by atoms with Gasteiger partial charge in [0.05, 0.1) is 13.2 Å². The quantitative estimate of drug-likeness (QED) is 0.879. The molecule has 0 saturated carbocycles. The summed E-state index contributed by atoms with van der Waals surface area (Å²) < 4.78 is 5.13. The Bertz CT molecular complexity index is 551. The summed E-state index contributed by atoms with van der Waals surface area (Å²) in [6, 6.07) is 15.6. The maximum absolute atomic E-state index is 10.6. The van der Waals surface area contributed by atoms with Gasteiger partial charge in [0, 0.05) is 12.5 Å². The van der Waals surface area contributed by atoms with Crippen molar-refractivity contribution in [2.45, 2.75) is 18.9 Å². The van der Waals surface area contributed by atoms with E-state index in [1.807, 2.05) is 49.4 Å². The summed E-state index contributed by atoms with van der Waals surface area (Å²) in [4.78, 5) is 0. The molecule has 0 radical (unpaired) electrons. The van der Waals surface area contributed by atoms with Gasteiger partial charge in [0.25, 0.3) is 0 Å². The number of methoxy groups -OCH3 is 1. The number of hydrogen-bond donors (Lipinski definition) is 2. The zero-order valence-corrected chi connectivity index (χ0v) is 11.9. The first-order valence-electron chi connectivity index (χ1n) is 6.74. The Morgan fingerprint density at radius 1 is 1.10 bits per heavy atom. The van der Waals surface area contributed by atoms with E-state index in [1.165, 1.54) is 5.56 Å². The number of nitrogens with two attached hydrogens (primary N) is 1. The number of aliphatic hydroxyl groups is 1. The molecule has 3 heteroatoms. The van der Waals surface area contributed by atoms with Crippen LogP contribution in [0.5, 0.6) is 5.75 Å². The molecule has 2 aromatic rings. The summed E-state index contributed by atoms with van der Waals surface area (Å²) in [5.41, 5.74) is 8.95. The Morgan fingerprint density at radius 2 is 1.80 bits per heavy atom. The summed E-state index contributed by atoms with van der Waals surface area (Å²) in [5, 5.41) is 10.6. The van der Waals surface area contributed by atoms with Crippen LogP contribution in [0.3, 0.4) is 0 Å². The predicted molar refractivity (Wildman–Crippen MR) is 80.9 cm³/mol. The van der Waals surface area contributed by atoms with Crippen LogP contribution >= 0.6 is 0 Å². The molecule has 0 bridgehead atoms. The van der Waals surface area contributed by atoms with Crippen LogP contribution in [0.2, 0.25) is 0 Å². The third-order valence-electron chi connectivity index (χ3n) is 3.56. The van der Waals surface area contributed by atoms with Gasteiger partial charge in [0.1, 0.15) is 5.75 Å². The largest absolute Gasteiger partial charge is 0.497 e. The molecule has 0 amide bonds. The smallest absolute Gasteiger partial charge is 0.118 e. The lowest BCUT2D eigenvalue weighted by Crippen LogP contribution is -2.20. The number of hydrogen-bond acceptors (Lipinski definition) is 3. The molecule has 0 aliphatic carbocycles. The van der Waals surface area contributed by atoms with Gasteiger partial charge in [-0.3, -0.25) is 0 Å². The fourth-order valence-electron chi connectivity index (χ4n) is 2.38.